The maximum Gasteiger partial charge on any atom is 0.257 e. The first-order chi connectivity index (χ1) is 13.6. The molecule has 0 bridgehead atoms. The Balaban J connectivity index is 2.27. The number of rotatable bonds is 6. The maximum absolute atomic E-state index is 13.3. The molecule has 0 fully saturated rings. The third-order valence-electron chi connectivity index (χ3n) is 4.94. The topological polar surface area (TPSA) is 72.1 Å². The molecular formula is C23H26N4O. The van der Waals surface area contributed by atoms with Crippen LogP contribution in [0.15, 0.2) is 60.7 Å². The summed E-state index contributed by atoms with van der Waals surface area (Å²) < 4.78 is 0. The lowest BCUT2D eigenvalue weighted by molar-refractivity contribution is 0.0770. The van der Waals surface area contributed by atoms with Gasteiger partial charge >= 0.3 is 0 Å². The van der Waals surface area contributed by atoms with E-state index < -0.39 is 0 Å². The first-order valence-electron chi connectivity index (χ1n) is 9.59. The van der Waals surface area contributed by atoms with Crippen molar-refractivity contribution in [1.82, 2.24) is 14.9 Å². The number of hydrogen-bond acceptors (Lipinski definition) is 4. The number of aryl methyl sites for hydroxylation is 1. The van der Waals surface area contributed by atoms with Crippen LogP contribution in [-0.4, -0.2) is 33.9 Å². The molecule has 28 heavy (non-hydrogen) atoms. The van der Waals surface area contributed by atoms with Crippen molar-refractivity contribution in [1.29, 1.82) is 0 Å². The van der Waals surface area contributed by atoms with Crippen molar-refractivity contribution >= 4 is 11.9 Å². The second-order valence-corrected chi connectivity index (χ2v) is 6.66. The summed E-state index contributed by atoms with van der Waals surface area (Å²) >= 11 is 0. The fourth-order valence-electron chi connectivity index (χ4n) is 3.56. The van der Waals surface area contributed by atoms with Gasteiger partial charge in [0.05, 0.1) is 22.9 Å². The molecule has 0 aliphatic heterocycles. The Morgan fingerprint density at radius 3 is 1.89 bits per heavy atom. The zero-order chi connectivity index (χ0) is 20.1. The lowest BCUT2D eigenvalue weighted by Crippen LogP contribution is -2.33. The molecule has 5 nitrogen and oxygen atoms in total. The Morgan fingerprint density at radius 2 is 1.43 bits per heavy atom. The Hall–Kier alpha value is -3.21. The molecule has 1 aromatic heterocycles. The van der Waals surface area contributed by atoms with Crippen LogP contribution in [0.25, 0.3) is 0 Å². The van der Waals surface area contributed by atoms with E-state index in [1.807, 2.05) is 57.2 Å². The molecule has 144 valence electrons. The number of nitrogens with zero attached hydrogens (tertiary/aromatic N) is 3. The molecule has 5 heteroatoms. The molecule has 0 aliphatic carbocycles. The Kier molecular flexibility index (Phi) is 6.04. The summed E-state index contributed by atoms with van der Waals surface area (Å²) in [6, 6.07) is 20.1. The number of nitrogens with two attached hydrogens (primary N) is 1. The highest BCUT2D eigenvalue weighted by molar-refractivity contribution is 5.97. The second kappa shape index (κ2) is 8.65. The van der Waals surface area contributed by atoms with Crippen molar-refractivity contribution in [3.8, 4) is 0 Å². The molecule has 1 heterocycles. The van der Waals surface area contributed by atoms with E-state index >= 15 is 0 Å². The van der Waals surface area contributed by atoms with Gasteiger partial charge in [-0.15, -0.1) is 0 Å². The Labute approximate surface area is 166 Å². The van der Waals surface area contributed by atoms with Crippen LogP contribution in [0.3, 0.4) is 0 Å². The number of aromatic nitrogens is 2. The van der Waals surface area contributed by atoms with E-state index in [9.17, 15) is 4.79 Å². The second-order valence-electron chi connectivity index (χ2n) is 6.66. The SMILES string of the molecule is CCN(CC)C(=O)c1c(C)nc(N)nc1C(c1ccccc1)c1ccccc1. The minimum atomic E-state index is -0.207. The highest BCUT2D eigenvalue weighted by atomic mass is 16.2. The number of benzene rings is 2. The van der Waals surface area contributed by atoms with Crippen LogP contribution in [0.1, 0.15) is 52.6 Å². The van der Waals surface area contributed by atoms with Gasteiger partial charge in [0.15, 0.2) is 0 Å². The molecule has 0 radical (unpaired) electrons. The van der Waals surface area contributed by atoms with Crippen LogP contribution < -0.4 is 5.73 Å². The standard InChI is InChI=1S/C23H26N4O/c1-4-27(5-2)22(28)19-16(3)25-23(24)26-21(19)20(17-12-8-6-9-13-17)18-14-10-7-11-15-18/h6-15,20H,4-5H2,1-3H3,(H2,24,25,26). The molecule has 1 amide bonds. The number of hydrogen-bond donors (Lipinski definition) is 1. The van der Waals surface area contributed by atoms with Gasteiger partial charge in [-0.3, -0.25) is 4.79 Å². The normalized spacial score (nSPS) is 10.9. The first-order valence-corrected chi connectivity index (χ1v) is 9.59. The molecule has 2 aromatic carbocycles. The number of amides is 1. The molecule has 2 N–H and O–H groups in total. The van der Waals surface area contributed by atoms with Gasteiger partial charge in [-0.1, -0.05) is 60.7 Å². The largest absolute Gasteiger partial charge is 0.368 e. The number of nitrogen functional groups attached to an aromatic ring is 1. The number of anilines is 1. The predicted molar refractivity (Wildman–Crippen MR) is 112 cm³/mol. The minimum Gasteiger partial charge on any atom is -0.368 e. The van der Waals surface area contributed by atoms with Gasteiger partial charge in [0.1, 0.15) is 0 Å². The lowest BCUT2D eigenvalue weighted by atomic mass is 9.85. The fraction of sp³-hybridized carbons (Fsp3) is 0.261. The van der Waals surface area contributed by atoms with E-state index in [1.54, 1.807) is 4.90 Å². The molecule has 0 aliphatic rings. The Bertz CT molecular complexity index is 898. The first kappa shape index (κ1) is 19.5. The average molecular weight is 374 g/mol. The smallest absolute Gasteiger partial charge is 0.257 e. The van der Waals surface area contributed by atoms with E-state index in [2.05, 4.69) is 34.2 Å². The van der Waals surface area contributed by atoms with Crippen LogP contribution in [0, 0.1) is 6.92 Å². The maximum atomic E-state index is 13.3. The molecular weight excluding hydrogens is 348 g/mol. The van der Waals surface area contributed by atoms with E-state index in [0.717, 1.165) is 11.1 Å². The zero-order valence-corrected chi connectivity index (χ0v) is 16.6. The summed E-state index contributed by atoms with van der Waals surface area (Å²) in [5.74, 6) is -0.0873. The van der Waals surface area contributed by atoms with Gasteiger partial charge in [0.2, 0.25) is 5.95 Å². The van der Waals surface area contributed by atoms with Crippen LogP contribution in [0.2, 0.25) is 0 Å². The van der Waals surface area contributed by atoms with Crippen molar-refractivity contribution < 1.29 is 4.79 Å². The van der Waals surface area contributed by atoms with E-state index in [1.165, 1.54) is 0 Å². The number of carbonyl (C=O) groups is 1. The van der Waals surface area contributed by atoms with E-state index in [4.69, 9.17) is 5.73 Å². The van der Waals surface area contributed by atoms with Crippen LogP contribution in [0.4, 0.5) is 5.95 Å². The van der Waals surface area contributed by atoms with Gasteiger partial charge in [-0.25, -0.2) is 9.97 Å². The fourth-order valence-corrected chi connectivity index (χ4v) is 3.56. The van der Waals surface area contributed by atoms with Crippen molar-refractivity contribution in [3.63, 3.8) is 0 Å². The van der Waals surface area contributed by atoms with Crippen molar-refractivity contribution in [3.05, 3.63) is 88.7 Å². The number of carbonyl (C=O) groups excluding carboxylic acids is 1. The predicted octanol–water partition coefficient (Wildman–Crippen LogP) is 4.03. The van der Waals surface area contributed by atoms with Gasteiger partial charge in [0.25, 0.3) is 5.91 Å². The zero-order valence-electron chi connectivity index (χ0n) is 16.6. The minimum absolute atomic E-state index is 0.0608. The van der Waals surface area contributed by atoms with Gasteiger partial charge in [-0.05, 0) is 31.9 Å². The summed E-state index contributed by atoms with van der Waals surface area (Å²) in [6.45, 7) is 7.02. The molecule has 3 aromatic rings. The average Bonchev–Trinajstić information content (AvgIpc) is 2.70. The van der Waals surface area contributed by atoms with Gasteiger partial charge in [0, 0.05) is 13.1 Å². The molecule has 0 saturated heterocycles. The Morgan fingerprint density at radius 1 is 0.929 bits per heavy atom. The quantitative estimate of drug-likeness (QED) is 0.707. The van der Waals surface area contributed by atoms with Crippen LogP contribution in [0.5, 0.6) is 0 Å². The van der Waals surface area contributed by atoms with Crippen molar-refractivity contribution in [2.45, 2.75) is 26.7 Å². The van der Waals surface area contributed by atoms with Gasteiger partial charge < -0.3 is 10.6 Å². The van der Waals surface area contributed by atoms with E-state index in [0.29, 0.717) is 30.0 Å². The highest BCUT2D eigenvalue weighted by Gasteiger charge is 2.28. The van der Waals surface area contributed by atoms with Crippen LogP contribution in [-0.2, 0) is 0 Å². The summed E-state index contributed by atoms with van der Waals surface area (Å²) in [4.78, 5) is 24.0. The summed E-state index contributed by atoms with van der Waals surface area (Å²) in [5.41, 5.74) is 9.92. The molecule has 0 atom stereocenters. The van der Waals surface area contributed by atoms with Gasteiger partial charge in [-0.2, -0.15) is 0 Å². The monoisotopic (exact) mass is 374 g/mol. The third kappa shape index (κ3) is 3.88. The summed E-state index contributed by atoms with van der Waals surface area (Å²) in [7, 11) is 0. The summed E-state index contributed by atoms with van der Waals surface area (Å²) in [6.07, 6.45) is 0. The van der Waals surface area contributed by atoms with Crippen molar-refractivity contribution in [2.24, 2.45) is 0 Å². The molecule has 0 spiro atoms. The molecule has 0 saturated carbocycles. The van der Waals surface area contributed by atoms with Crippen LogP contribution >= 0.6 is 0 Å². The molecule has 0 unspecified atom stereocenters. The summed E-state index contributed by atoms with van der Waals surface area (Å²) in [5, 5.41) is 0. The van der Waals surface area contributed by atoms with E-state index in [-0.39, 0.29) is 17.8 Å². The highest BCUT2D eigenvalue weighted by Crippen LogP contribution is 2.34. The lowest BCUT2D eigenvalue weighted by Gasteiger charge is -2.25. The van der Waals surface area contributed by atoms with Crippen molar-refractivity contribution in [2.75, 3.05) is 18.8 Å². The third-order valence-corrected chi connectivity index (χ3v) is 4.94. The molecule has 3 rings (SSSR count).